The Kier molecular flexibility index (Phi) is 3.97. The topological polar surface area (TPSA) is 48.2 Å². The van der Waals surface area contributed by atoms with Gasteiger partial charge in [-0.1, -0.05) is 0 Å². The minimum atomic E-state index is 0.574. The molecule has 0 atom stereocenters. The van der Waals surface area contributed by atoms with E-state index < -0.39 is 0 Å². The molecule has 3 nitrogen and oxygen atoms in total. The highest BCUT2D eigenvalue weighted by Gasteiger charge is 1.93. The van der Waals surface area contributed by atoms with Gasteiger partial charge in [-0.05, 0) is 6.92 Å². The van der Waals surface area contributed by atoms with Crippen molar-refractivity contribution in [2.75, 3.05) is 14.1 Å². The lowest BCUT2D eigenvalue weighted by molar-refractivity contribution is 0.984. The molecule has 10 heavy (non-hydrogen) atoms. The minimum Gasteiger partial charge on any atom is -0.391 e. The van der Waals surface area contributed by atoms with Gasteiger partial charge in [0.1, 0.15) is 6.07 Å². The summed E-state index contributed by atoms with van der Waals surface area (Å²) < 4.78 is 0. The average molecular weight is 137 g/mol. The third-order valence-corrected chi connectivity index (χ3v) is 1.16. The third kappa shape index (κ3) is 2.31. The zero-order chi connectivity index (χ0) is 7.98. The van der Waals surface area contributed by atoms with Gasteiger partial charge in [-0.15, -0.1) is 0 Å². The fourth-order valence-electron chi connectivity index (χ4n) is 0.473. The molecule has 0 rings (SSSR count). The molecule has 0 bridgehead atoms. The lowest BCUT2D eigenvalue weighted by Gasteiger charge is -1.97. The highest BCUT2D eigenvalue weighted by molar-refractivity contribution is 5.84. The molecule has 0 aromatic heterocycles. The Balaban J connectivity index is 4.50. The van der Waals surface area contributed by atoms with Crippen molar-refractivity contribution in [1.29, 1.82) is 5.26 Å². The van der Waals surface area contributed by atoms with Crippen LogP contribution in [0.2, 0.25) is 0 Å². The molecule has 0 fully saturated rings. The fraction of sp³-hybridized carbons (Fsp3) is 0.429. The SMILES string of the molecule is CN=C/C(C#N)=C(\C)NC. The predicted octanol–water partition coefficient (Wildman–Crippen LogP) is 0.704. The van der Waals surface area contributed by atoms with Crippen molar-refractivity contribution in [2.24, 2.45) is 4.99 Å². The maximum absolute atomic E-state index is 8.52. The molecule has 0 aliphatic carbocycles. The Hall–Kier alpha value is -1.30. The molecular weight excluding hydrogens is 126 g/mol. The number of hydrogen-bond acceptors (Lipinski definition) is 3. The van der Waals surface area contributed by atoms with E-state index in [-0.39, 0.29) is 0 Å². The molecule has 0 amide bonds. The summed E-state index contributed by atoms with van der Waals surface area (Å²) in [6.45, 7) is 1.83. The summed E-state index contributed by atoms with van der Waals surface area (Å²) >= 11 is 0. The smallest absolute Gasteiger partial charge is 0.103 e. The zero-order valence-corrected chi connectivity index (χ0v) is 6.47. The summed E-state index contributed by atoms with van der Waals surface area (Å²) in [7, 11) is 3.41. The number of allylic oxidation sites excluding steroid dienone is 2. The highest BCUT2D eigenvalue weighted by Crippen LogP contribution is 1.94. The van der Waals surface area contributed by atoms with Gasteiger partial charge in [0.25, 0.3) is 0 Å². The summed E-state index contributed by atoms with van der Waals surface area (Å²) in [5.74, 6) is 0. The second kappa shape index (κ2) is 4.57. The summed E-state index contributed by atoms with van der Waals surface area (Å²) in [6, 6.07) is 2.02. The summed E-state index contributed by atoms with van der Waals surface area (Å²) in [5, 5.41) is 11.4. The van der Waals surface area contributed by atoms with E-state index in [0.29, 0.717) is 5.57 Å². The number of hydrogen-bond donors (Lipinski definition) is 1. The van der Waals surface area contributed by atoms with Crippen molar-refractivity contribution in [3.8, 4) is 6.07 Å². The van der Waals surface area contributed by atoms with Gasteiger partial charge in [0.05, 0.1) is 5.57 Å². The van der Waals surface area contributed by atoms with Crippen LogP contribution in [0.3, 0.4) is 0 Å². The first-order chi connectivity index (χ1) is 4.76. The Morgan fingerprint density at radius 3 is 2.60 bits per heavy atom. The van der Waals surface area contributed by atoms with Crippen molar-refractivity contribution in [2.45, 2.75) is 6.92 Å². The first kappa shape index (κ1) is 8.70. The monoisotopic (exact) mass is 137 g/mol. The Morgan fingerprint density at radius 1 is 1.70 bits per heavy atom. The van der Waals surface area contributed by atoms with Crippen LogP contribution in [0.4, 0.5) is 0 Å². The van der Waals surface area contributed by atoms with Crippen LogP contribution < -0.4 is 5.32 Å². The van der Waals surface area contributed by atoms with Crippen molar-refractivity contribution in [3.05, 3.63) is 11.3 Å². The van der Waals surface area contributed by atoms with E-state index in [1.807, 2.05) is 13.0 Å². The van der Waals surface area contributed by atoms with E-state index in [1.165, 1.54) is 6.21 Å². The molecule has 1 N–H and O–H groups in total. The molecule has 0 aromatic rings. The first-order valence-electron chi connectivity index (χ1n) is 2.97. The average Bonchev–Trinajstić information content (AvgIpc) is 1.99. The van der Waals surface area contributed by atoms with Crippen molar-refractivity contribution >= 4 is 6.21 Å². The predicted molar refractivity (Wildman–Crippen MR) is 41.8 cm³/mol. The molecular formula is C7H11N3. The van der Waals surface area contributed by atoms with Crippen LogP contribution in [0, 0.1) is 11.3 Å². The molecule has 0 aliphatic heterocycles. The van der Waals surface area contributed by atoms with E-state index in [9.17, 15) is 0 Å². The molecule has 54 valence electrons. The van der Waals surface area contributed by atoms with Crippen LogP contribution in [0.25, 0.3) is 0 Å². The quantitative estimate of drug-likeness (QED) is 0.450. The van der Waals surface area contributed by atoms with Gasteiger partial charge in [-0.2, -0.15) is 5.26 Å². The molecule has 0 radical (unpaired) electrons. The Labute approximate surface area is 61.1 Å². The fourth-order valence-corrected chi connectivity index (χ4v) is 0.473. The molecule has 0 aliphatic rings. The molecule has 0 unspecified atom stereocenters. The van der Waals surface area contributed by atoms with Crippen molar-refractivity contribution in [1.82, 2.24) is 5.32 Å². The van der Waals surface area contributed by atoms with Crippen LogP contribution in [-0.2, 0) is 0 Å². The minimum absolute atomic E-state index is 0.574. The first-order valence-corrected chi connectivity index (χ1v) is 2.97. The van der Waals surface area contributed by atoms with Crippen molar-refractivity contribution in [3.63, 3.8) is 0 Å². The van der Waals surface area contributed by atoms with Gasteiger partial charge in [0, 0.05) is 26.0 Å². The van der Waals surface area contributed by atoms with E-state index in [0.717, 1.165) is 5.70 Å². The van der Waals surface area contributed by atoms with Crippen molar-refractivity contribution < 1.29 is 0 Å². The lowest BCUT2D eigenvalue weighted by Crippen LogP contribution is -2.05. The van der Waals surface area contributed by atoms with E-state index in [1.54, 1.807) is 14.1 Å². The normalized spacial score (nSPS) is 12.6. The highest BCUT2D eigenvalue weighted by atomic mass is 14.8. The van der Waals surface area contributed by atoms with Crippen LogP contribution in [0.1, 0.15) is 6.92 Å². The molecule has 0 heterocycles. The third-order valence-electron chi connectivity index (χ3n) is 1.16. The molecule has 0 saturated carbocycles. The van der Waals surface area contributed by atoms with E-state index in [2.05, 4.69) is 10.3 Å². The maximum atomic E-state index is 8.52. The van der Waals surface area contributed by atoms with Gasteiger partial charge in [-0.25, -0.2) is 0 Å². The van der Waals surface area contributed by atoms with Crippen LogP contribution in [0.15, 0.2) is 16.3 Å². The second-order valence-corrected chi connectivity index (χ2v) is 1.79. The van der Waals surface area contributed by atoms with Crippen LogP contribution >= 0.6 is 0 Å². The number of nitriles is 1. The van der Waals surface area contributed by atoms with Gasteiger partial charge >= 0.3 is 0 Å². The largest absolute Gasteiger partial charge is 0.391 e. The number of nitrogens with zero attached hydrogens (tertiary/aromatic N) is 2. The number of nitrogens with one attached hydrogen (secondary N) is 1. The van der Waals surface area contributed by atoms with Gasteiger partial charge in [-0.3, -0.25) is 4.99 Å². The summed E-state index contributed by atoms with van der Waals surface area (Å²) in [4.78, 5) is 3.73. The molecule has 0 aromatic carbocycles. The van der Waals surface area contributed by atoms with Crippen LogP contribution in [-0.4, -0.2) is 20.3 Å². The van der Waals surface area contributed by atoms with Crippen LogP contribution in [0.5, 0.6) is 0 Å². The van der Waals surface area contributed by atoms with Gasteiger partial charge in [0.2, 0.25) is 0 Å². The number of rotatable bonds is 2. The second-order valence-electron chi connectivity index (χ2n) is 1.79. The zero-order valence-electron chi connectivity index (χ0n) is 6.47. The molecule has 3 heteroatoms. The van der Waals surface area contributed by atoms with E-state index >= 15 is 0 Å². The molecule has 0 saturated heterocycles. The maximum Gasteiger partial charge on any atom is 0.103 e. The molecule has 0 spiro atoms. The number of aliphatic imine (C=N–C) groups is 1. The standard InChI is InChI=1S/C7H11N3/c1-6(10-3)7(4-8)5-9-2/h5,10H,1-3H3/b7-6+,9-5?. The summed E-state index contributed by atoms with van der Waals surface area (Å²) in [5.41, 5.74) is 1.41. The lowest BCUT2D eigenvalue weighted by atomic mass is 10.2. The Morgan fingerprint density at radius 2 is 2.30 bits per heavy atom. The van der Waals surface area contributed by atoms with Gasteiger partial charge < -0.3 is 5.32 Å². The Bertz CT molecular complexity index is 195. The van der Waals surface area contributed by atoms with E-state index in [4.69, 9.17) is 5.26 Å². The van der Waals surface area contributed by atoms with Gasteiger partial charge in [0.15, 0.2) is 0 Å². The summed E-state index contributed by atoms with van der Waals surface area (Å²) in [6.07, 6.45) is 1.53.